The molecule has 1 aromatic heterocycles. The Morgan fingerprint density at radius 2 is 1.96 bits per heavy atom. The largest absolute Gasteiger partial charge is 0.468 e. The first-order valence-electron chi connectivity index (χ1n) is 8.34. The van der Waals surface area contributed by atoms with Crippen LogP contribution in [-0.4, -0.2) is 74.5 Å². The Morgan fingerprint density at radius 3 is 2.46 bits per heavy atom. The lowest BCUT2D eigenvalue weighted by molar-refractivity contribution is -0.134. The normalized spacial score (nSPS) is 17.0. The third-order valence-electron chi connectivity index (χ3n) is 4.51. The number of carbonyl (C=O) groups is 2. The molecule has 1 fully saturated rings. The van der Waals surface area contributed by atoms with Gasteiger partial charge in [0.2, 0.25) is 5.91 Å². The number of hydrogen-bond donors (Lipinski definition) is 1. The van der Waals surface area contributed by atoms with Crippen molar-refractivity contribution >= 4 is 11.9 Å². The monoisotopic (exact) mass is 336 g/mol. The maximum absolute atomic E-state index is 12.4. The summed E-state index contributed by atoms with van der Waals surface area (Å²) in [5.41, 5.74) is 0. The summed E-state index contributed by atoms with van der Waals surface area (Å²) in [5.74, 6) is 1.01. The number of likely N-dealkylation sites (tertiary alicyclic amines) is 1. The quantitative estimate of drug-likeness (QED) is 0.882. The van der Waals surface area contributed by atoms with Crippen molar-refractivity contribution in [2.45, 2.75) is 18.9 Å². The van der Waals surface area contributed by atoms with Gasteiger partial charge >= 0.3 is 6.03 Å². The van der Waals surface area contributed by atoms with E-state index in [9.17, 15) is 9.59 Å². The smallest absolute Gasteiger partial charge is 0.317 e. The number of carbonyl (C=O) groups excluding carboxylic acids is 2. The lowest BCUT2D eigenvalue weighted by atomic mass is 9.96. The lowest BCUT2D eigenvalue weighted by Gasteiger charge is -2.33. The van der Waals surface area contributed by atoms with Gasteiger partial charge in [0.05, 0.1) is 12.3 Å². The van der Waals surface area contributed by atoms with Crippen molar-refractivity contribution < 1.29 is 14.0 Å². The van der Waals surface area contributed by atoms with Crippen molar-refractivity contribution in [1.29, 1.82) is 0 Å². The first-order valence-corrected chi connectivity index (χ1v) is 8.34. The van der Waals surface area contributed by atoms with Crippen LogP contribution in [0.5, 0.6) is 0 Å². The molecular formula is C17H28N4O3. The zero-order valence-corrected chi connectivity index (χ0v) is 15.0. The Bertz CT molecular complexity index is 534. The van der Waals surface area contributed by atoms with E-state index in [0.717, 1.165) is 18.6 Å². The van der Waals surface area contributed by atoms with Crippen LogP contribution in [0.15, 0.2) is 22.8 Å². The fraction of sp³-hybridized carbons (Fsp3) is 0.647. The second-order valence-electron chi connectivity index (χ2n) is 6.67. The summed E-state index contributed by atoms with van der Waals surface area (Å²) in [4.78, 5) is 29.8. The van der Waals surface area contributed by atoms with Crippen molar-refractivity contribution in [3.05, 3.63) is 24.2 Å². The van der Waals surface area contributed by atoms with Crippen molar-refractivity contribution in [2.24, 2.45) is 5.92 Å². The molecule has 7 heteroatoms. The van der Waals surface area contributed by atoms with Crippen molar-refractivity contribution in [1.82, 2.24) is 20.0 Å². The zero-order valence-electron chi connectivity index (χ0n) is 15.0. The number of rotatable bonds is 5. The van der Waals surface area contributed by atoms with Crippen LogP contribution >= 0.6 is 0 Å². The zero-order chi connectivity index (χ0) is 17.7. The van der Waals surface area contributed by atoms with E-state index in [-0.39, 0.29) is 23.9 Å². The van der Waals surface area contributed by atoms with Crippen LogP contribution in [-0.2, 0) is 4.79 Å². The van der Waals surface area contributed by atoms with Crippen molar-refractivity contribution in [3.63, 3.8) is 0 Å². The molecule has 134 valence electrons. The lowest BCUT2D eigenvalue weighted by Crippen LogP contribution is -2.48. The third kappa shape index (κ3) is 4.50. The molecule has 1 unspecified atom stereocenters. The van der Waals surface area contributed by atoms with Gasteiger partial charge in [0.15, 0.2) is 0 Å². The Morgan fingerprint density at radius 1 is 1.29 bits per heavy atom. The summed E-state index contributed by atoms with van der Waals surface area (Å²) in [6.07, 6.45) is 3.08. The topological polar surface area (TPSA) is 69.0 Å². The molecule has 7 nitrogen and oxygen atoms in total. The number of nitrogens with zero attached hydrogens (tertiary/aromatic N) is 3. The fourth-order valence-corrected chi connectivity index (χ4v) is 3.01. The number of piperidine rings is 1. The molecule has 0 aliphatic carbocycles. The van der Waals surface area contributed by atoms with Crippen LogP contribution in [0.4, 0.5) is 4.79 Å². The average molecular weight is 336 g/mol. The fourth-order valence-electron chi connectivity index (χ4n) is 3.01. The summed E-state index contributed by atoms with van der Waals surface area (Å²) in [7, 11) is 7.46. The highest BCUT2D eigenvalue weighted by Crippen LogP contribution is 2.20. The van der Waals surface area contributed by atoms with E-state index in [4.69, 9.17) is 4.42 Å². The van der Waals surface area contributed by atoms with E-state index in [2.05, 4.69) is 5.32 Å². The molecule has 1 saturated heterocycles. The first-order chi connectivity index (χ1) is 11.4. The summed E-state index contributed by atoms with van der Waals surface area (Å²) in [6.45, 7) is 1.71. The minimum Gasteiger partial charge on any atom is -0.468 e. The molecule has 0 radical (unpaired) electrons. The van der Waals surface area contributed by atoms with Gasteiger partial charge in [0.1, 0.15) is 5.76 Å². The predicted octanol–water partition coefficient (Wildman–Crippen LogP) is 1.39. The molecule has 0 saturated carbocycles. The third-order valence-corrected chi connectivity index (χ3v) is 4.51. The highest BCUT2D eigenvalue weighted by Gasteiger charge is 2.28. The van der Waals surface area contributed by atoms with Crippen LogP contribution in [0, 0.1) is 5.92 Å². The van der Waals surface area contributed by atoms with E-state index >= 15 is 0 Å². The Hall–Kier alpha value is -2.02. The SMILES string of the molecule is CN(C)C(=O)C1CCN(C(=O)NCC(c2ccco2)N(C)C)CC1. The molecule has 3 amide bonds. The molecule has 1 N–H and O–H groups in total. The molecule has 0 aromatic carbocycles. The maximum atomic E-state index is 12.4. The minimum absolute atomic E-state index is 0.00296. The summed E-state index contributed by atoms with van der Waals surface area (Å²) < 4.78 is 5.45. The van der Waals surface area contributed by atoms with Gasteiger partial charge in [-0.05, 0) is 39.1 Å². The van der Waals surface area contributed by atoms with Gasteiger partial charge in [-0.1, -0.05) is 0 Å². The van der Waals surface area contributed by atoms with Gasteiger partial charge < -0.3 is 19.5 Å². The van der Waals surface area contributed by atoms with E-state index in [1.807, 2.05) is 31.1 Å². The molecule has 1 aliphatic heterocycles. The molecule has 24 heavy (non-hydrogen) atoms. The molecule has 1 atom stereocenters. The maximum Gasteiger partial charge on any atom is 0.317 e. The summed E-state index contributed by atoms with van der Waals surface area (Å²) in [5, 5.41) is 2.98. The van der Waals surface area contributed by atoms with Gasteiger partial charge in [-0.25, -0.2) is 4.79 Å². The molecule has 0 spiro atoms. The van der Waals surface area contributed by atoms with Crippen molar-refractivity contribution in [3.8, 4) is 0 Å². The second-order valence-corrected chi connectivity index (χ2v) is 6.67. The number of urea groups is 1. The molecule has 1 aliphatic rings. The van der Waals surface area contributed by atoms with E-state index < -0.39 is 0 Å². The molecular weight excluding hydrogens is 308 g/mol. The van der Waals surface area contributed by atoms with E-state index in [1.54, 1.807) is 30.2 Å². The number of hydrogen-bond acceptors (Lipinski definition) is 4. The number of amides is 3. The Labute approximate surface area is 143 Å². The van der Waals surface area contributed by atoms with Crippen LogP contribution in [0.1, 0.15) is 24.6 Å². The van der Waals surface area contributed by atoms with Gasteiger partial charge in [-0.15, -0.1) is 0 Å². The van der Waals surface area contributed by atoms with Gasteiger partial charge in [0, 0.05) is 39.6 Å². The Kier molecular flexibility index (Phi) is 6.25. The molecule has 1 aromatic rings. The first kappa shape index (κ1) is 18.3. The number of likely N-dealkylation sites (N-methyl/N-ethyl adjacent to an activating group) is 1. The van der Waals surface area contributed by atoms with Crippen LogP contribution in [0.25, 0.3) is 0 Å². The highest BCUT2D eigenvalue weighted by atomic mass is 16.3. The predicted molar refractivity (Wildman–Crippen MR) is 91.5 cm³/mol. The van der Waals surface area contributed by atoms with Crippen LogP contribution in [0.2, 0.25) is 0 Å². The highest BCUT2D eigenvalue weighted by molar-refractivity contribution is 5.79. The minimum atomic E-state index is -0.0795. The summed E-state index contributed by atoms with van der Waals surface area (Å²) in [6, 6.07) is 3.68. The van der Waals surface area contributed by atoms with Crippen LogP contribution in [0.3, 0.4) is 0 Å². The van der Waals surface area contributed by atoms with E-state index in [0.29, 0.717) is 19.6 Å². The van der Waals surface area contributed by atoms with Gasteiger partial charge in [-0.3, -0.25) is 9.69 Å². The standard InChI is InChI=1S/C17H28N4O3/c1-19(2)14(15-6-5-11-24-15)12-18-17(23)21-9-7-13(8-10-21)16(22)20(3)4/h5-6,11,13-14H,7-10,12H2,1-4H3,(H,18,23). The van der Waals surface area contributed by atoms with E-state index in [1.165, 1.54) is 0 Å². The number of nitrogens with one attached hydrogen (secondary N) is 1. The van der Waals surface area contributed by atoms with Crippen LogP contribution < -0.4 is 5.32 Å². The molecule has 2 rings (SSSR count). The van der Waals surface area contributed by atoms with Gasteiger partial charge in [0.25, 0.3) is 0 Å². The molecule has 2 heterocycles. The number of furan rings is 1. The Balaban J connectivity index is 1.82. The average Bonchev–Trinajstić information content (AvgIpc) is 3.08. The summed E-state index contributed by atoms with van der Waals surface area (Å²) >= 11 is 0. The second kappa shape index (κ2) is 8.19. The van der Waals surface area contributed by atoms with Gasteiger partial charge in [-0.2, -0.15) is 0 Å². The molecule has 0 bridgehead atoms. The van der Waals surface area contributed by atoms with Crippen molar-refractivity contribution in [2.75, 3.05) is 47.8 Å².